The third-order valence-corrected chi connectivity index (χ3v) is 7.88. The molecular weight excluding hydrogens is 358 g/mol. The van der Waals surface area contributed by atoms with Gasteiger partial charge in [-0.15, -0.1) is 0 Å². The Morgan fingerprint density at radius 3 is 2.22 bits per heavy atom. The molecule has 0 atom stereocenters. The zero-order valence-electron chi connectivity index (χ0n) is 16.1. The number of Topliss-reactive ketones (excluding diaryl/α,β-unsaturated/α-hetero) is 2. The zero-order chi connectivity index (χ0) is 19.0. The van der Waals surface area contributed by atoms with Crippen LogP contribution in [0.2, 0.25) is 0 Å². The summed E-state index contributed by atoms with van der Waals surface area (Å²) in [4.78, 5) is 40.2. The Bertz CT molecular complexity index is 692. The molecule has 3 fully saturated rings. The van der Waals surface area contributed by atoms with E-state index >= 15 is 0 Å². The van der Waals surface area contributed by atoms with E-state index in [-0.39, 0.29) is 29.4 Å². The number of hydrogen-bond acceptors (Lipinski definition) is 4. The van der Waals surface area contributed by atoms with Crippen molar-refractivity contribution in [3.05, 3.63) is 16.8 Å². The van der Waals surface area contributed by atoms with Crippen LogP contribution in [0.15, 0.2) is 16.8 Å². The van der Waals surface area contributed by atoms with Crippen LogP contribution in [-0.2, 0) is 14.4 Å². The SMILES string of the molecule is CC1CCC(C(=O)N(c2ccsc2)C2CCC3(CC2)C(=O)CCC3=O)CC1. The van der Waals surface area contributed by atoms with Crippen molar-refractivity contribution in [2.24, 2.45) is 17.3 Å². The summed E-state index contributed by atoms with van der Waals surface area (Å²) in [5.74, 6) is 1.37. The zero-order valence-corrected chi connectivity index (χ0v) is 16.9. The minimum absolute atomic E-state index is 0.110. The van der Waals surface area contributed by atoms with Crippen molar-refractivity contribution in [3.63, 3.8) is 0 Å². The number of amides is 1. The number of carbonyl (C=O) groups is 3. The number of thiophene rings is 1. The first kappa shape index (κ1) is 18.9. The van der Waals surface area contributed by atoms with Gasteiger partial charge in [0.2, 0.25) is 5.91 Å². The molecule has 0 radical (unpaired) electrons. The number of anilines is 1. The lowest BCUT2D eigenvalue weighted by Gasteiger charge is -2.41. The van der Waals surface area contributed by atoms with E-state index in [2.05, 4.69) is 12.3 Å². The minimum Gasteiger partial charge on any atom is -0.308 e. The molecule has 4 nitrogen and oxygen atoms in total. The molecule has 1 aromatic rings. The molecule has 1 heterocycles. The Morgan fingerprint density at radius 1 is 1.04 bits per heavy atom. The first-order chi connectivity index (χ1) is 13.0. The molecule has 1 aromatic heterocycles. The van der Waals surface area contributed by atoms with Crippen LogP contribution in [-0.4, -0.2) is 23.5 Å². The molecule has 1 spiro atoms. The predicted molar refractivity (Wildman–Crippen MR) is 107 cm³/mol. The van der Waals surface area contributed by atoms with Crippen LogP contribution >= 0.6 is 11.3 Å². The van der Waals surface area contributed by atoms with Crippen LogP contribution in [0.3, 0.4) is 0 Å². The summed E-state index contributed by atoms with van der Waals surface area (Å²) in [6, 6.07) is 2.14. The first-order valence-corrected chi connectivity index (χ1v) is 11.4. The lowest BCUT2D eigenvalue weighted by molar-refractivity contribution is -0.137. The average Bonchev–Trinajstić information content (AvgIpc) is 3.29. The molecule has 0 N–H and O–H groups in total. The lowest BCUT2D eigenvalue weighted by Crippen LogP contribution is -2.49. The van der Waals surface area contributed by atoms with E-state index in [1.807, 2.05) is 16.3 Å². The van der Waals surface area contributed by atoms with Gasteiger partial charge in [-0.05, 0) is 68.7 Å². The molecule has 3 saturated carbocycles. The Balaban J connectivity index is 1.52. The highest BCUT2D eigenvalue weighted by molar-refractivity contribution is 7.08. The second-order valence-corrected chi connectivity index (χ2v) is 9.59. The summed E-state index contributed by atoms with van der Waals surface area (Å²) < 4.78 is 0. The topological polar surface area (TPSA) is 54.5 Å². The van der Waals surface area contributed by atoms with E-state index < -0.39 is 5.41 Å². The maximum atomic E-state index is 13.4. The quantitative estimate of drug-likeness (QED) is 0.702. The van der Waals surface area contributed by atoms with E-state index in [9.17, 15) is 14.4 Å². The minimum atomic E-state index is -0.722. The van der Waals surface area contributed by atoms with Crippen LogP contribution in [0.1, 0.15) is 71.1 Å². The molecule has 0 aliphatic heterocycles. The van der Waals surface area contributed by atoms with Gasteiger partial charge in [0.05, 0.1) is 11.1 Å². The third kappa shape index (κ3) is 3.39. The fourth-order valence-corrected chi connectivity index (χ4v) is 6.02. The monoisotopic (exact) mass is 387 g/mol. The summed E-state index contributed by atoms with van der Waals surface area (Å²) in [5.41, 5.74) is 0.272. The van der Waals surface area contributed by atoms with Crippen molar-refractivity contribution in [1.29, 1.82) is 0 Å². The van der Waals surface area contributed by atoms with Crippen LogP contribution in [0.5, 0.6) is 0 Å². The van der Waals surface area contributed by atoms with Gasteiger partial charge in [-0.3, -0.25) is 14.4 Å². The van der Waals surface area contributed by atoms with Gasteiger partial charge in [-0.1, -0.05) is 6.92 Å². The lowest BCUT2D eigenvalue weighted by atomic mass is 9.69. The highest BCUT2D eigenvalue weighted by Crippen LogP contribution is 2.46. The molecule has 27 heavy (non-hydrogen) atoms. The van der Waals surface area contributed by atoms with Gasteiger partial charge in [0.25, 0.3) is 0 Å². The van der Waals surface area contributed by atoms with Crippen molar-refractivity contribution >= 4 is 34.5 Å². The van der Waals surface area contributed by atoms with Crippen molar-refractivity contribution < 1.29 is 14.4 Å². The van der Waals surface area contributed by atoms with Crippen LogP contribution < -0.4 is 4.90 Å². The van der Waals surface area contributed by atoms with Gasteiger partial charge in [-0.25, -0.2) is 0 Å². The molecule has 5 heteroatoms. The molecule has 0 unspecified atom stereocenters. The van der Waals surface area contributed by atoms with E-state index in [1.165, 1.54) is 0 Å². The molecule has 1 amide bonds. The average molecular weight is 388 g/mol. The summed E-state index contributed by atoms with van der Waals surface area (Å²) in [7, 11) is 0. The second-order valence-electron chi connectivity index (χ2n) is 8.81. The van der Waals surface area contributed by atoms with E-state index in [1.54, 1.807) is 11.3 Å². The Kier molecular flexibility index (Phi) is 5.23. The number of nitrogens with zero attached hydrogens (tertiary/aromatic N) is 1. The predicted octanol–water partition coefficient (Wildman–Crippen LogP) is 4.77. The van der Waals surface area contributed by atoms with Gasteiger partial charge in [0.15, 0.2) is 0 Å². The molecule has 0 bridgehead atoms. The number of rotatable bonds is 3. The molecule has 3 aliphatic carbocycles. The number of ketones is 2. The maximum Gasteiger partial charge on any atom is 0.230 e. The van der Waals surface area contributed by atoms with Crippen molar-refractivity contribution in [2.75, 3.05) is 4.90 Å². The third-order valence-electron chi connectivity index (χ3n) is 7.21. The summed E-state index contributed by atoms with van der Waals surface area (Å²) >= 11 is 1.61. The highest BCUT2D eigenvalue weighted by atomic mass is 32.1. The first-order valence-electron chi connectivity index (χ1n) is 10.4. The standard InChI is InChI=1S/C22H29NO3S/c1-15-2-4-16(5-3-15)21(26)23(18-10-13-27-14-18)17-8-11-22(12-9-17)19(24)6-7-20(22)25/h10,13-17H,2-9,11-12H2,1H3. The summed E-state index contributed by atoms with van der Waals surface area (Å²) in [6.45, 7) is 2.27. The smallest absolute Gasteiger partial charge is 0.230 e. The molecule has 4 rings (SSSR count). The van der Waals surface area contributed by atoms with Gasteiger partial charge in [-0.2, -0.15) is 11.3 Å². The number of carbonyl (C=O) groups excluding carboxylic acids is 3. The Morgan fingerprint density at radius 2 is 1.67 bits per heavy atom. The Labute approximate surface area is 165 Å². The van der Waals surface area contributed by atoms with Crippen LogP contribution in [0.25, 0.3) is 0 Å². The van der Waals surface area contributed by atoms with Gasteiger partial charge < -0.3 is 4.90 Å². The molecular formula is C22H29NO3S. The van der Waals surface area contributed by atoms with E-state index in [4.69, 9.17) is 0 Å². The van der Waals surface area contributed by atoms with Crippen molar-refractivity contribution in [3.8, 4) is 0 Å². The largest absolute Gasteiger partial charge is 0.308 e. The second kappa shape index (κ2) is 7.50. The Hall–Kier alpha value is -1.49. The van der Waals surface area contributed by atoms with Gasteiger partial charge in [0.1, 0.15) is 11.6 Å². The van der Waals surface area contributed by atoms with Crippen molar-refractivity contribution in [1.82, 2.24) is 0 Å². The highest BCUT2D eigenvalue weighted by Gasteiger charge is 2.51. The molecule has 3 aliphatic rings. The normalized spacial score (nSPS) is 28.6. The van der Waals surface area contributed by atoms with Crippen LogP contribution in [0.4, 0.5) is 5.69 Å². The van der Waals surface area contributed by atoms with Crippen molar-refractivity contribution in [2.45, 2.75) is 77.2 Å². The summed E-state index contributed by atoms with van der Waals surface area (Å²) in [5, 5.41) is 4.08. The molecule has 146 valence electrons. The fourth-order valence-electron chi connectivity index (χ4n) is 5.39. The van der Waals surface area contributed by atoms with E-state index in [0.717, 1.165) is 50.1 Å². The fraction of sp³-hybridized carbons (Fsp3) is 0.682. The van der Waals surface area contributed by atoms with Gasteiger partial charge >= 0.3 is 0 Å². The van der Waals surface area contributed by atoms with Gasteiger partial charge in [0, 0.05) is 30.2 Å². The number of hydrogen-bond donors (Lipinski definition) is 0. The summed E-state index contributed by atoms with van der Waals surface area (Å²) in [6.07, 6.45) is 7.78. The van der Waals surface area contributed by atoms with E-state index in [0.29, 0.717) is 25.7 Å². The molecule has 0 aromatic carbocycles. The van der Waals surface area contributed by atoms with Crippen LogP contribution in [0, 0.1) is 17.3 Å². The maximum absolute atomic E-state index is 13.4. The molecule has 0 saturated heterocycles.